The monoisotopic (exact) mass is 382 g/mol. The molecule has 1 aliphatic rings. The first-order chi connectivity index (χ1) is 12.9. The van der Waals surface area contributed by atoms with Gasteiger partial charge in [0, 0.05) is 30.8 Å². The number of carbonyl (C=O) groups is 1. The van der Waals surface area contributed by atoms with Crippen LogP contribution in [0.4, 0.5) is 13.2 Å². The van der Waals surface area contributed by atoms with Crippen molar-refractivity contribution < 1.29 is 32.2 Å². The van der Waals surface area contributed by atoms with E-state index in [0.717, 1.165) is 6.42 Å². The summed E-state index contributed by atoms with van der Waals surface area (Å²) in [6.45, 7) is 1.28. The van der Waals surface area contributed by atoms with Crippen molar-refractivity contribution in [2.75, 3.05) is 13.2 Å². The van der Waals surface area contributed by atoms with E-state index in [0.29, 0.717) is 30.2 Å². The minimum Gasteiger partial charge on any atom is -0.472 e. The second kappa shape index (κ2) is 8.26. The minimum atomic E-state index is -4.73. The van der Waals surface area contributed by atoms with Crippen molar-refractivity contribution >= 4 is 5.91 Å². The fraction of sp³-hybridized carbons (Fsp3) is 0.333. The van der Waals surface area contributed by atoms with Crippen molar-refractivity contribution in [2.24, 2.45) is 0 Å². The molecule has 1 atom stereocenters. The average Bonchev–Trinajstić information content (AvgIpc) is 3.13. The van der Waals surface area contributed by atoms with E-state index in [4.69, 9.17) is 9.47 Å². The first kappa shape index (κ1) is 19.0. The van der Waals surface area contributed by atoms with Crippen molar-refractivity contribution in [1.29, 1.82) is 0 Å². The van der Waals surface area contributed by atoms with E-state index < -0.39 is 6.36 Å². The Hall–Kier alpha value is -2.81. The van der Waals surface area contributed by atoms with Gasteiger partial charge in [0.2, 0.25) is 5.88 Å². The lowest BCUT2D eigenvalue weighted by Crippen LogP contribution is -2.23. The van der Waals surface area contributed by atoms with E-state index >= 15 is 0 Å². The van der Waals surface area contributed by atoms with Gasteiger partial charge in [-0.05, 0) is 23.8 Å². The van der Waals surface area contributed by atoms with Crippen LogP contribution >= 0.6 is 0 Å². The highest BCUT2D eigenvalue weighted by molar-refractivity contribution is 5.94. The molecule has 0 radical (unpaired) electrons. The Morgan fingerprint density at radius 3 is 2.70 bits per heavy atom. The summed E-state index contributed by atoms with van der Waals surface area (Å²) in [6.07, 6.45) is -2.56. The molecule has 1 unspecified atom stereocenters. The fourth-order valence-electron chi connectivity index (χ4n) is 2.49. The number of hydrogen-bond acceptors (Lipinski definition) is 5. The van der Waals surface area contributed by atoms with Gasteiger partial charge < -0.3 is 19.5 Å². The second-order valence-electron chi connectivity index (χ2n) is 5.86. The van der Waals surface area contributed by atoms with Crippen LogP contribution < -0.4 is 14.8 Å². The largest absolute Gasteiger partial charge is 0.573 e. The Morgan fingerprint density at radius 2 is 2.04 bits per heavy atom. The van der Waals surface area contributed by atoms with Gasteiger partial charge in [0.15, 0.2) is 0 Å². The number of pyridine rings is 1. The Kier molecular flexibility index (Phi) is 5.80. The van der Waals surface area contributed by atoms with Crippen molar-refractivity contribution in [3.05, 3.63) is 53.7 Å². The Bertz CT molecular complexity index is 775. The molecular weight excluding hydrogens is 365 g/mol. The summed E-state index contributed by atoms with van der Waals surface area (Å²) in [5, 5.41) is 2.69. The van der Waals surface area contributed by atoms with E-state index in [9.17, 15) is 18.0 Å². The van der Waals surface area contributed by atoms with Gasteiger partial charge in [0.25, 0.3) is 5.91 Å². The first-order valence-electron chi connectivity index (χ1n) is 8.22. The van der Waals surface area contributed by atoms with Crippen LogP contribution in [-0.4, -0.2) is 36.6 Å². The molecule has 1 aromatic carbocycles. The third-order valence-corrected chi connectivity index (χ3v) is 3.78. The van der Waals surface area contributed by atoms with Crippen molar-refractivity contribution in [2.45, 2.75) is 25.4 Å². The zero-order valence-electron chi connectivity index (χ0n) is 14.2. The standard InChI is InChI=1S/C18H17F3N2O4/c19-18(20,21)27-14-3-1-12(2-4-14)10-23-17(24)13-5-7-22-16(9-13)26-15-6-8-25-11-15/h1-5,7,9,15H,6,8,10-11H2,(H,23,24). The molecule has 1 N–H and O–H groups in total. The molecule has 6 nitrogen and oxygen atoms in total. The number of rotatable bonds is 6. The SMILES string of the molecule is O=C(NCc1ccc(OC(F)(F)F)cc1)c1ccnc(OC2CCOC2)c1. The highest BCUT2D eigenvalue weighted by Gasteiger charge is 2.30. The van der Waals surface area contributed by atoms with Gasteiger partial charge in [-0.25, -0.2) is 4.98 Å². The number of ether oxygens (including phenoxy) is 3. The van der Waals surface area contributed by atoms with Crippen LogP contribution in [-0.2, 0) is 11.3 Å². The minimum absolute atomic E-state index is 0.0757. The molecule has 2 aromatic rings. The number of alkyl halides is 3. The summed E-state index contributed by atoms with van der Waals surface area (Å²) in [5.41, 5.74) is 1.00. The Morgan fingerprint density at radius 1 is 1.26 bits per heavy atom. The van der Waals surface area contributed by atoms with E-state index in [-0.39, 0.29) is 24.3 Å². The Balaban J connectivity index is 1.54. The zero-order valence-corrected chi connectivity index (χ0v) is 14.2. The summed E-state index contributed by atoms with van der Waals surface area (Å²) in [4.78, 5) is 16.3. The number of hydrogen-bond donors (Lipinski definition) is 1. The van der Waals surface area contributed by atoms with Crippen molar-refractivity contribution in [3.63, 3.8) is 0 Å². The Labute approximate surface area is 153 Å². The molecule has 2 heterocycles. The van der Waals surface area contributed by atoms with Gasteiger partial charge in [-0.2, -0.15) is 0 Å². The molecule has 1 aliphatic heterocycles. The molecule has 0 spiro atoms. The topological polar surface area (TPSA) is 69.7 Å². The highest BCUT2D eigenvalue weighted by Crippen LogP contribution is 2.22. The average molecular weight is 382 g/mol. The van der Waals surface area contributed by atoms with Crippen molar-refractivity contribution in [3.8, 4) is 11.6 Å². The van der Waals surface area contributed by atoms with Crippen LogP contribution in [0.2, 0.25) is 0 Å². The molecular formula is C18H17F3N2O4. The summed E-state index contributed by atoms with van der Waals surface area (Å²) >= 11 is 0. The lowest BCUT2D eigenvalue weighted by Gasteiger charge is -2.12. The third kappa shape index (κ3) is 5.85. The molecule has 1 fully saturated rings. The van der Waals surface area contributed by atoms with E-state index in [1.165, 1.54) is 36.5 Å². The summed E-state index contributed by atoms with van der Waals surface area (Å²) in [6, 6.07) is 8.36. The molecule has 9 heteroatoms. The number of nitrogens with one attached hydrogen (secondary N) is 1. The van der Waals surface area contributed by atoms with Gasteiger partial charge in [0.05, 0.1) is 13.2 Å². The summed E-state index contributed by atoms with van der Waals surface area (Å²) in [7, 11) is 0. The van der Waals surface area contributed by atoms with Crippen LogP contribution in [0, 0.1) is 0 Å². The zero-order chi connectivity index (χ0) is 19.3. The van der Waals surface area contributed by atoms with Crippen LogP contribution in [0.5, 0.6) is 11.6 Å². The van der Waals surface area contributed by atoms with E-state index in [2.05, 4.69) is 15.0 Å². The van der Waals surface area contributed by atoms with Gasteiger partial charge in [-0.3, -0.25) is 4.79 Å². The van der Waals surface area contributed by atoms with Crippen LogP contribution in [0.15, 0.2) is 42.6 Å². The maximum Gasteiger partial charge on any atom is 0.573 e. The number of aromatic nitrogens is 1. The summed E-state index contributed by atoms with van der Waals surface area (Å²) < 4.78 is 51.1. The molecule has 0 bridgehead atoms. The molecule has 0 saturated carbocycles. The summed E-state index contributed by atoms with van der Waals surface area (Å²) in [5.74, 6) is -0.322. The lowest BCUT2D eigenvalue weighted by atomic mass is 10.2. The first-order valence-corrected chi connectivity index (χ1v) is 8.22. The number of carbonyl (C=O) groups excluding carboxylic acids is 1. The smallest absolute Gasteiger partial charge is 0.472 e. The maximum absolute atomic E-state index is 12.3. The van der Waals surface area contributed by atoms with E-state index in [1.807, 2.05) is 0 Å². The second-order valence-corrected chi connectivity index (χ2v) is 5.86. The number of amides is 1. The molecule has 1 saturated heterocycles. The predicted molar refractivity (Wildman–Crippen MR) is 88.4 cm³/mol. The number of benzene rings is 1. The lowest BCUT2D eigenvalue weighted by molar-refractivity contribution is -0.274. The number of nitrogens with zero attached hydrogens (tertiary/aromatic N) is 1. The highest BCUT2D eigenvalue weighted by atomic mass is 19.4. The molecule has 1 aromatic heterocycles. The van der Waals surface area contributed by atoms with E-state index in [1.54, 1.807) is 6.07 Å². The molecule has 0 aliphatic carbocycles. The van der Waals surface area contributed by atoms with Gasteiger partial charge in [-0.15, -0.1) is 13.2 Å². The quantitative estimate of drug-likeness (QED) is 0.832. The van der Waals surface area contributed by atoms with Gasteiger partial charge in [0.1, 0.15) is 11.9 Å². The fourth-order valence-corrected chi connectivity index (χ4v) is 2.49. The third-order valence-electron chi connectivity index (χ3n) is 3.78. The van der Waals surface area contributed by atoms with Gasteiger partial charge in [-0.1, -0.05) is 12.1 Å². The van der Waals surface area contributed by atoms with Crippen LogP contribution in [0.25, 0.3) is 0 Å². The van der Waals surface area contributed by atoms with Gasteiger partial charge >= 0.3 is 6.36 Å². The van der Waals surface area contributed by atoms with Crippen LogP contribution in [0.3, 0.4) is 0 Å². The predicted octanol–water partition coefficient (Wildman–Crippen LogP) is 3.08. The van der Waals surface area contributed by atoms with Crippen LogP contribution in [0.1, 0.15) is 22.3 Å². The number of halogens is 3. The molecule has 3 rings (SSSR count). The maximum atomic E-state index is 12.3. The normalized spacial score (nSPS) is 16.8. The molecule has 144 valence electrons. The van der Waals surface area contributed by atoms with Crippen molar-refractivity contribution in [1.82, 2.24) is 10.3 Å². The molecule has 1 amide bonds. The molecule has 27 heavy (non-hydrogen) atoms.